The highest BCUT2D eigenvalue weighted by Gasteiger charge is 2.20. The summed E-state index contributed by atoms with van der Waals surface area (Å²) in [5.74, 6) is 1.72. The van der Waals surface area contributed by atoms with Crippen LogP contribution in [0.2, 0.25) is 5.02 Å². The second kappa shape index (κ2) is 7.28. The Morgan fingerprint density at radius 2 is 2.25 bits per heavy atom. The third-order valence-electron chi connectivity index (χ3n) is 3.89. The van der Waals surface area contributed by atoms with Gasteiger partial charge >= 0.3 is 0 Å². The van der Waals surface area contributed by atoms with Crippen LogP contribution >= 0.6 is 11.6 Å². The van der Waals surface area contributed by atoms with Crippen molar-refractivity contribution in [1.29, 1.82) is 0 Å². The Labute approximate surface area is 127 Å². The quantitative estimate of drug-likeness (QED) is 0.894. The molecule has 1 aliphatic heterocycles. The van der Waals surface area contributed by atoms with Gasteiger partial charge in [0.2, 0.25) is 0 Å². The summed E-state index contributed by atoms with van der Waals surface area (Å²) in [7, 11) is 0. The first kappa shape index (κ1) is 15.6. The average Bonchev–Trinajstić information content (AvgIpc) is 2.41. The zero-order chi connectivity index (χ0) is 14.5. The fourth-order valence-electron chi connectivity index (χ4n) is 2.69. The molecule has 1 aliphatic rings. The molecule has 1 unspecified atom stereocenters. The van der Waals surface area contributed by atoms with Gasteiger partial charge in [-0.15, -0.1) is 0 Å². The lowest BCUT2D eigenvalue weighted by molar-refractivity contribution is 0.481. The Hall–Kier alpha value is -0.800. The minimum atomic E-state index is 0.578. The number of piperidine rings is 1. The maximum Gasteiger partial charge on any atom is 0.129 e. The minimum Gasteiger partial charge on any atom is -0.354 e. The lowest BCUT2D eigenvalue weighted by atomic mass is 10.0. The van der Waals surface area contributed by atoms with Gasteiger partial charge in [-0.3, -0.25) is 0 Å². The van der Waals surface area contributed by atoms with Crippen molar-refractivity contribution >= 4 is 17.4 Å². The summed E-state index contributed by atoms with van der Waals surface area (Å²) in [6.45, 7) is 9.63. The van der Waals surface area contributed by atoms with Crippen LogP contribution in [-0.4, -0.2) is 24.1 Å². The average molecular weight is 296 g/mol. The largest absolute Gasteiger partial charge is 0.354 e. The Bertz CT molecular complexity index is 434. The van der Waals surface area contributed by atoms with Crippen LogP contribution in [0.4, 0.5) is 5.82 Å². The number of pyridine rings is 1. The lowest BCUT2D eigenvalue weighted by Crippen LogP contribution is -2.38. The van der Waals surface area contributed by atoms with Crippen molar-refractivity contribution in [1.82, 2.24) is 10.3 Å². The number of rotatable bonds is 5. The molecule has 0 spiro atoms. The summed E-state index contributed by atoms with van der Waals surface area (Å²) in [5.41, 5.74) is 1.15. The molecule has 1 aromatic rings. The van der Waals surface area contributed by atoms with Crippen LogP contribution in [0.3, 0.4) is 0 Å². The first-order valence-electron chi connectivity index (χ1n) is 7.69. The molecule has 1 fully saturated rings. The van der Waals surface area contributed by atoms with Gasteiger partial charge in [-0.2, -0.15) is 0 Å². The number of nitrogens with one attached hydrogen (secondary N) is 1. The highest BCUT2D eigenvalue weighted by atomic mass is 35.5. The molecular formula is C16H26ClN3. The predicted molar refractivity (Wildman–Crippen MR) is 86.5 cm³/mol. The SMILES string of the molecule is CC(C)CNCc1cc(N2CCCCC2C)ncc1Cl. The highest BCUT2D eigenvalue weighted by molar-refractivity contribution is 6.31. The highest BCUT2D eigenvalue weighted by Crippen LogP contribution is 2.26. The fourth-order valence-corrected chi connectivity index (χ4v) is 2.86. The van der Waals surface area contributed by atoms with E-state index in [2.05, 4.69) is 42.0 Å². The maximum absolute atomic E-state index is 6.27. The van der Waals surface area contributed by atoms with E-state index in [1.807, 2.05) is 0 Å². The van der Waals surface area contributed by atoms with Gasteiger partial charge in [-0.1, -0.05) is 25.4 Å². The number of hydrogen-bond acceptors (Lipinski definition) is 3. The van der Waals surface area contributed by atoms with E-state index in [0.29, 0.717) is 12.0 Å². The van der Waals surface area contributed by atoms with Crippen molar-refractivity contribution in [3.05, 3.63) is 22.8 Å². The summed E-state index contributed by atoms with van der Waals surface area (Å²) in [6.07, 6.45) is 5.64. The Morgan fingerprint density at radius 3 is 2.95 bits per heavy atom. The van der Waals surface area contributed by atoms with Gasteiger partial charge in [-0.05, 0) is 50.3 Å². The molecule has 0 aromatic carbocycles. The van der Waals surface area contributed by atoms with Crippen LogP contribution in [0.15, 0.2) is 12.3 Å². The standard InChI is InChI=1S/C16H26ClN3/c1-12(2)9-18-10-14-8-16(19-11-15(14)17)20-7-5-4-6-13(20)3/h8,11-13,18H,4-7,9-10H2,1-3H3. The molecule has 0 amide bonds. The zero-order valence-electron chi connectivity index (χ0n) is 12.8. The molecular weight excluding hydrogens is 270 g/mol. The second-order valence-electron chi connectivity index (χ2n) is 6.20. The van der Waals surface area contributed by atoms with Gasteiger partial charge < -0.3 is 10.2 Å². The number of hydrogen-bond donors (Lipinski definition) is 1. The normalized spacial score (nSPS) is 19.6. The number of halogens is 1. The molecule has 2 heterocycles. The van der Waals surface area contributed by atoms with Crippen LogP contribution in [-0.2, 0) is 6.54 Å². The number of anilines is 1. The molecule has 1 aromatic heterocycles. The minimum absolute atomic E-state index is 0.578. The van der Waals surface area contributed by atoms with Crippen LogP contribution < -0.4 is 10.2 Å². The fraction of sp³-hybridized carbons (Fsp3) is 0.688. The number of aromatic nitrogens is 1. The molecule has 2 rings (SSSR count). The molecule has 0 bridgehead atoms. The molecule has 0 radical (unpaired) electrons. The molecule has 3 nitrogen and oxygen atoms in total. The van der Waals surface area contributed by atoms with Gasteiger partial charge in [-0.25, -0.2) is 4.98 Å². The van der Waals surface area contributed by atoms with Crippen molar-refractivity contribution in [2.24, 2.45) is 5.92 Å². The van der Waals surface area contributed by atoms with E-state index < -0.39 is 0 Å². The molecule has 20 heavy (non-hydrogen) atoms. The Morgan fingerprint density at radius 1 is 1.45 bits per heavy atom. The predicted octanol–water partition coefficient (Wildman–Crippen LogP) is 3.86. The van der Waals surface area contributed by atoms with Crippen molar-refractivity contribution < 1.29 is 0 Å². The van der Waals surface area contributed by atoms with Gasteiger partial charge in [0.15, 0.2) is 0 Å². The topological polar surface area (TPSA) is 28.2 Å². The summed E-state index contributed by atoms with van der Waals surface area (Å²) < 4.78 is 0. The van der Waals surface area contributed by atoms with E-state index in [-0.39, 0.29) is 0 Å². The van der Waals surface area contributed by atoms with Crippen molar-refractivity contribution in [2.45, 2.75) is 52.6 Å². The van der Waals surface area contributed by atoms with Gasteiger partial charge in [0.1, 0.15) is 5.82 Å². The molecule has 4 heteroatoms. The third kappa shape index (κ3) is 4.10. The summed E-state index contributed by atoms with van der Waals surface area (Å²) in [4.78, 5) is 6.93. The van der Waals surface area contributed by atoms with Gasteiger partial charge in [0.25, 0.3) is 0 Å². The van der Waals surface area contributed by atoms with Crippen molar-refractivity contribution in [3.8, 4) is 0 Å². The van der Waals surface area contributed by atoms with E-state index >= 15 is 0 Å². The van der Waals surface area contributed by atoms with Gasteiger partial charge in [0, 0.05) is 25.3 Å². The van der Waals surface area contributed by atoms with Crippen LogP contribution in [0, 0.1) is 5.92 Å². The first-order valence-corrected chi connectivity index (χ1v) is 8.07. The smallest absolute Gasteiger partial charge is 0.129 e. The van der Waals surface area contributed by atoms with Crippen molar-refractivity contribution in [2.75, 3.05) is 18.0 Å². The molecule has 112 valence electrons. The Balaban J connectivity index is 2.07. The van der Waals surface area contributed by atoms with E-state index in [9.17, 15) is 0 Å². The first-order chi connectivity index (χ1) is 9.58. The van der Waals surface area contributed by atoms with Crippen LogP contribution in [0.1, 0.15) is 45.6 Å². The monoisotopic (exact) mass is 295 g/mol. The van der Waals surface area contributed by atoms with E-state index in [4.69, 9.17) is 11.6 Å². The van der Waals surface area contributed by atoms with Crippen molar-refractivity contribution in [3.63, 3.8) is 0 Å². The van der Waals surface area contributed by atoms with E-state index in [1.54, 1.807) is 6.20 Å². The second-order valence-corrected chi connectivity index (χ2v) is 6.60. The van der Waals surface area contributed by atoms with Crippen LogP contribution in [0.5, 0.6) is 0 Å². The van der Waals surface area contributed by atoms with E-state index in [0.717, 1.165) is 36.0 Å². The molecule has 0 aliphatic carbocycles. The molecule has 1 N–H and O–H groups in total. The molecule has 1 saturated heterocycles. The summed E-state index contributed by atoms with van der Waals surface area (Å²) >= 11 is 6.27. The third-order valence-corrected chi connectivity index (χ3v) is 4.23. The summed E-state index contributed by atoms with van der Waals surface area (Å²) in [5, 5.41) is 4.21. The lowest BCUT2D eigenvalue weighted by Gasteiger charge is -2.34. The van der Waals surface area contributed by atoms with Gasteiger partial charge in [0.05, 0.1) is 5.02 Å². The zero-order valence-corrected chi connectivity index (χ0v) is 13.6. The van der Waals surface area contributed by atoms with E-state index in [1.165, 1.54) is 19.3 Å². The number of nitrogens with zero attached hydrogens (tertiary/aromatic N) is 2. The molecule has 1 atom stereocenters. The van der Waals surface area contributed by atoms with Crippen LogP contribution in [0.25, 0.3) is 0 Å². The maximum atomic E-state index is 6.27. The summed E-state index contributed by atoms with van der Waals surface area (Å²) in [6, 6.07) is 2.73. The molecule has 0 saturated carbocycles. The Kier molecular flexibility index (Phi) is 5.67.